The lowest BCUT2D eigenvalue weighted by Crippen LogP contribution is -2.30. The second-order valence-electron chi connectivity index (χ2n) is 6.76. The predicted octanol–water partition coefficient (Wildman–Crippen LogP) is 4.73. The molecule has 3 unspecified atom stereocenters. The first kappa shape index (κ1) is 15.3. The standard InChI is InChI=1S/C18H26ClNO/c1-13-4-2-7-17(10-13)21-18(12-20-16-8-9-16)14-5-3-6-15(19)11-14/h3,5-6,11,13,16-18,20H,2,4,7-10,12H2,1H3. The molecule has 116 valence electrons. The molecule has 0 aromatic heterocycles. The van der Waals surface area contributed by atoms with Crippen molar-refractivity contribution in [3.05, 3.63) is 34.9 Å². The zero-order valence-corrected chi connectivity index (χ0v) is 13.6. The molecule has 21 heavy (non-hydrogen) atoms. The van der Waals surface area contributed by atoms with Gasteiger partial charge in [0.15, 0.2) is 0 Å². The highest BCUT2D eigenvalue weighted by Gasteiger charge is 2.26. The third-order valence-corrected chi connectivity index (χ3v) is 4.87. The summed E-state index contributed by atoms with van der Waals surface area (Å²) in [6, 6.07) is 8.85. The van der Waals surface area contributed by atoms with Crippen LogP contribution in [0.2, 0.25) is 5.02 Å². The van der Waals surface area contributed by atoms with Gasteiger partial charge in [0.25, 0.3) is 0 Å². The number of benzene rings is 1. The largest absolute Gasteiger partial charge is 0.369 e. The fourth-order valence-corrected chi connectivity index (χ4v) is 3.45. The van der Waals surface area contributed by atoms with Crippen molar-refractivity contribution in [2.24, 2.45) is 5.92 Å². The van der Waals surface area contributed by atoms with Crippen LogP contribution in [0.1, 0.15) is 57.1 Å². The van der Waals surface area contributed by atoms with E-state index in [9.17, 15) is 0 Å². The summed E-state index contributed by atoms with van der Waals surface area (Å²) >= 11 is 6.15. The molecule has 0 heterocycles. The minimum Gasteiger partial charge on any atom is -0.369 e. The van der Waals surface area contributed by atoms with E-state index < -0.39 is 0 Å². The van der Waals surface area contributed by atoms with Crippen LogP contribution in [-0.4, -0.2) is 18.7 Å². The fourth-order valence-electron chi connectivity index (χ4n) is 3.25. The molecule has 0 radical (unpaired) electrons. The van der Waals surface area contributed by atoms with Crippen molar-refractivity contribution in [1.82, 2.24) is 5.32 Å². The Kier molecular flexibility index (Phi) is 5.20. The van der Waals surface area contributed by atoms with Crippen molar-refractivity contribution in [3.8, 4) is 0 Å². The number of hydrogen-bond acceptors (Lipinski definition) is 2. The maximum Gasteiger partial charge on any atom is 0.0953 e. The van der Waals surface area contributed by atoms with Gasteiger partial charge in [0.1, 0.15) is 0 Å². The zero-order valence-electron chi connectivity index (χ0n) is 12.9. The fraction of sp³-hybridized carbons (Fsp3) is 0.667. The maximum atomic E-state index is 6.46. The molecule has 2 fully saturated rings. The van der Waals surface area contributed by atoms with E-state index in [0.717, 1.165) is 17.5 Å². The summed E-state index contributed by atoms with van der Waals surface area (Å²) in [5.41, 5.74) is 1.20. The minimum atomic E-state index is 0.125. The quantitative estimate of drug-likeness (QED) is 0.820. The Morgan fingerprint density at radius 3 is 2.86 bits per heavy atom. The van der Waals surface area contributed by atoms with Crippen LogP contribution >= 0.6 is 11.6 Å². The van der Waals surface area contributed by atoms with Crippen molar-refractivity contribution in [1.29, 1.82) is 0 Å². The van der Waals surface area contributed by atoms with Gasteiger partial charge in [-0.05, 0) is 49.3 Å². The molecule has 1 aromatic rings. The number of ether oxygens (including phenoxy) is 1. The van der Waals surface area contributed by atoms with Gasteiger partial charge in [0.2, 0.25) is 0 Å². The lowest BCUT2D eigenvalue weighted by molar-refractivity contribution is -0.0396. The average Bonchev–Trinajstić information content (AvgIpc) is 3.27. The first-order valence-electron chi connectivity index (χ1n) is 8.35. The minimum absolute atomic E-state index is 0.125. The van der Waals surface area contributed by atoms with Gasteiger partial charge in [-0.25, -0.2) is 0 Å². The second kappa shape index (κ2) is 7.13. The summed E-state index contributed by atoms with van der Waals surface area (Å²) in [5, 5.41) is 4.40. The predicted molar refractivity (Wildman–Crippen MR) is 87.7 cm³/mol. The molecule has 0 bridgehead atoms. The van der Waals surface area contributed by atoms with Gasteiger partial charge in [-0.15, -0.1) is 0 Å². The first-order chi connectivity index (χ1) is 10.2. The van der Waals surface area contributed by atoms with Crippen LogP contribution in [0, 0.1) is 5.92 Å². The van der Waals surface area contributed by atoms with E-state index in [1.54, 1.807) is 0 Å². The van der Waals surface area contributed by atoms with E-state index in [-0.39, 0.29) is 6.10 Å². The van der Waals surface area contributed by atoms with Crippen LogP contribution in [0.25, 0.3) is 0 Å². The highest BCUT2D eigenvalue weighted by Crippen LogP contribution is 2.31. The Morgan fingerprint density at radius 1 is 1.29 bits per heavy atom. The summed E-state index contributed by atoms with van der Waals surface area (Å²) in [4.78, 5) is 0. The van der Waals surface area contributed by atoms with Crippen molar-refractivity contribution < 1.29 is 4.74 Å². The molecule has 0 aliphatic heterocycles. The molecular formula is C18H26ClNO. The van der Waals surface area contributed by atoms with Crippen LogP contribution in [0.3, 0.4) is 0 Å². The summed E-state index contributed by atoms with van der Waals surface area (Å²) in [6.45, 7) is 3.24. The van der Waals surface area contributed by atoms with Gasteiger partial charge in [0.05, 0.1) is 12.2 Å². The van der Waals surface area contributed by atoms with Gasteiger partial charge >= 0.3 is 0 Å². The molecule has 3 rings (SSSR count). The Balaban J connectivity index is 1.65. The van der Waals surface area contributed by atoms with E-state index in [0.29, 0.717) is 12.1 Å². The summed E-state index contributed by atoms with van der Waals surface area (Å²) in [6.07, 6.45) is 8.18. The first-order valence-corrected chi connectivity index (χ1v) is 8.73. The molecule has 3 atom stereocenters. The number of halogens is 1. The van der Waals surface area contributed by atoms with Crippen molar-refractivity contribution in [2.45, 2.75) is 63.7 Å². The average molecular weight is 308 g/mol. The molecule has 0 spiro atoms. The van der Waals surface area contributed by atoms with E-state index in [2.05, 4.69) is 18.3 Å². The number of rotatable bonds is 6. The normalized spacial score (nSPS) is 27.5. The zero-order chi connectivity index (χ0) is 14.7. The van der Waals surface area contributed by atoms with Gasteiger partial charge in [-0.1, -0.05) is 43.5 Å². The molecule has 1 N–H and O–H groups in total. The van der Waals surface area contributed by atoms with Gasteiger partial charge < -0.3 is 10.1 Å². The van der Waals surface area contributed by atoms with E-state index in [1.165, 1.54) is 44.1 Å². The smallest absolute Gasteiger partial charge is 0.0953 e. The SMILES string of the molecule is CC1CCCC(OC(CNC2CC2)c2cccc(Cl)c2)C1. The van der Waals surface area contributed by atoms with Gasteiger partial charge in [-0.2, -0.15) is 0 Å². The lowest BCUT2D eigenvalue weighted by Gasteiger charge is -2.31. The van der Waals surface area contributed by atoms with Crippen molar-refractivity contribution >= 4 is 11.6 Å². The van der Waals surface area contributed by atoms with Gasteiger partial charge in [-0.3, -0.25) is 0 Å². The Hall–Kier alpha value is -0.570. The van der Waals surface area contributed by atoms with E-state index >= 15 is 0 Å². The lowest BCUT2D eigenvalue weighted by atomic mass is 9.88. The Bertz CT molecular complexity index is 460. The third kappa shape index (κ3) is 4.70. The summed E-state index contributed by atoms with van der Waals surface area (Å²) in [7, 11) is 0. The molecule has 3 heteroatoms. The molecule has 2 aliphatic rings. The van der Waals surface area contributed by atoms with Crippen LogP contribution in [0.15, 0.2) is 24.3 Å². The van der Waals surface area contributed by atoms with Crippen LogP contribution in [-0.2, 0) is 4.74 Å². The molecule has 2 nitrogen and oxygen atoms in total. The van der Waals surface area contributed by atoms with E-state index in [1.807, 2.05) is 18.2 Å². The second-order valence-corrected chi connectivity index (χ2v) is 7.19. The maximum absolute atomic E-state index is 6.46. The van der Waals surface area contributed by atoms with Crippen LogP contribution in [0.5, 0.6) is 0 Å². The van der Waals surface area contributed by atoms with Crippen molar-refractivity contribution in [3.63, 3.8) is 0 Å². The van der Waals surface area contributed by atoms with Crippen LogP contribution < -0.4 is 5.32 Å². The molecule has 0 amide bonds. The molecule has 1 aromatic carbocycles. The Morgan fingerprint density at radius 2 is 2.14 bits per heavy atom. The Labute approximate surface area is 133 Å². The monoisotopic (exact) mass is 307 g/mol. The number of hydrogen-bond donors (Lipinski definition) is 1. The summed E-state index contributed by atoms with van der Waals surface area (Å²) in [5.74, 6) is 0.792. The number of nitrogens with one attached hydrogen (secondary N) is 1. The highest BCUT2D eigenvalue weighted by atomic mass is 35.5. The highest BCUT2D eigenvalue weighted by molar-refractivity contribution is 6.30. The molecule has 2 aliphatic carbocycles. The summed E-state index contributed by atoms with van der Waals surface area (Å²) < 4.78 is 6.46. The molecule has 2 saturated carbocycles. The molecular weight excluding hydrogens is 282 g/mol. The van der Waals surface area contributed by atoms with Crippen molar-refractivity contribution in [2.75, 3.05) is 6.54 Å². The van der Waals surface area contributed by atoms with Crippen LogP contribution in [0.4, 0.5) is 0 Å². The third-order valence-electron chi connectivity index (χ3n) is 4.63. The van der Waals surface area contributed by atoms with E-state index in [4.69, 9.17) is 16.3 Å². The topological polar surface area (TPSA) is 21.3 Å². The van der Waals surface area contributed by atoms with Gasteiger partial charge in [0, 0.05) is 17.6 Å². The molecule has 0 saturated heterocycles.